The second-order valence-corrected chi connectivity index (χ2v) is 3.08. The number of rotatable bonds is 6. The molecule has 0 aliphatic rings. The summed E-state index contributed by atoms with van der Waals surface area (Å²) in [5, 5.41) is 0. The molecular formula is C3H7KNO6P2+. The van der Waals surface area contributed by atoms with Crippen LogP contribution in [0.15, 0.2) is 0 Å². The summed E-state index contributed by atoms with van der Waals surface area (Å²) in [7, 11) is -5.92. The van der Waals surface area contributed by atoms with Gasteiger partial charge >= 0.3 is 67.9 Å². The molecular weight excluding hydrogens is 247 g/mol. The predicted molar refractivity (Wildman–Crippen MR) is 34.8 cm³/mol. The fourth-order valence-corrected chi connectivity index (χ4v) is 0.988. The zero-order valence-corrected chi connectivity index (χ0v) is 11.8. The van der Waals surface area contributed by atoms with Crippen molar-refractivity contribution in [3.05, 3.63) is 0 Å². The molecule has 3 atom stereocenters. The zero-order valence-electron chi connectivity index (χ0n) is 6.91. The molecule has 0 aliphatic carbocycles. The average molecular weight is 254 g/mol. The summed E-state index contributed by atoms with van der Waals surface area (Å²) >= 11 is 0. The van der Waals surface area contributed by atoms with Crippen molar-refractivity contribution < 1.29 is 79.3 Å². The minimum absolute atomic E-state index is 0. The van der Waals surface area contributed by atoms with Gasteiger partial charge < -0.3 is 15.5 Å². The molecule has 0 heterocycles. The van der Waals surface area contributed by atoms with Gasteiger partial charge in [0, 0.05) is 6.42 Å². The van der Waals surface area contributed by atoms with E-state index in [1.54, 1.807) is 0 Å². The number of hydrogen-bond acceptors (Lipinski definition) is 7. The second kappa shape index (κ2) is 10.2. The molecule has 0 bridgehead atoms. The standard InChI is InChI=1S/C3H7NO6P2.K/c4-3(10-12(7)8)1-2-9-11(5)6;/h3H,1-2,4H2;/q;+1. The van der Waals surface area contributed by atoms with Gasteiger partial charge in [-0.2, -0.15) is 0 Å². The van der Waals surface area contributed by atoms with E-state index in [1.165, 1.54) is 0 Å². The predicted octanol–water partition coefficient (Wildman–Crippen LogP) is -4.27. The second-order valence-electron chi connectivity index (χ2n) is 1.71. The first-order valence-electron chi connectivity index (χ1n) is 2.86. The van der Waals surface area contributed by atoms with Gasteiger partial charge in [-0.1, -0.05) is 0 Å². The molecule has 0 rings (SSSR count). The SMILES string of the molecule is NC(CCO[P+](=O)[O-])O[P+](=O)[O-].[K+]. The first-order chi connectivity index (χ1) is 5.52. The first-order valence-corrected chi connectivity index (χ1v) is 5.05. The Labute approximate surface area is 119 Å². The van der Waals surface area contributed by atoms with Crippen LogP contribution in [0.1, 0.15) is 6.42 Å². The maximum Gasteiger partial charge on any atom is 1.00 e. The van der Waals surface area contributed by atoms with E-state index in [0.29, 0.717) is 0 Å². The Hall–Kier alpha value is 1.64. The molecule has 0 aromatic heterocycles. The third kappa shape index (κ3) is 13.6. The summed E-state index contributed by atoms with van der Waals surface area (Å²) in [4.78, 5) is 19.7. The average Bonchev–Trinajstić information content (AvgIpc) is 1.84. The number of hydrogen-bond donors (Lipinski definition) is 1. The summed E-state index contributed by atoms with van der Waals surface area (Å²) in [5.74, 6) is 0. The van der Waals surface area contributed by atoms with Crippen LogP contribution in [-0.4, -0.2) is 12.8 Å². The monoisotopic (exact) mass is 254 g/mol. The number of nitrogens with two attached hydrogens (primary N) is 1. The molecule has 13 heavy (non-hydrogen) atoms. The van der Waals surface area contributed by atoms with E-state index in [2.05, 4.69) is 9.05 Å². The molecule has 70 valence electrons. The third-order valence-electron chi connectivity index (χ3n) is 0.821. The van der Waals surface area contributed by atoms with Gasteiger partial charge in [0.1, 0.15) is 6.61 Å². The van der Waals surface area contributed by atoms with Crippen molar-refractivity contribution in [1.29, 1.82) is 0 Å². The van der Waals surface area contributed by atoms with E-state index in [4.69, 9.17) is 5.73 Å². The van der Waals surface area contributed by atoms with Crippen LogP contribution in [0.3, 0.4) is 0 Å². The Morgan fingerprint density at radius 3 is 2.23 bits per heavy atom. The summed E-state index contributed by atoms with van der Waals surface area (Å²) in [5.41, 5.74) is 5.08. The van der Waals surface area contributed by atoms with Crippen molar-refractivity contribution in [3.8, 4) is 0 Å². The van der Waals surface area contributed by atoms with Crippen LogP contribution in [0.25, 0.3) is 0 Å². The van der Waals surface area contributed by atoms with E-state index in [9.17, 15) is 18.9 Å². The normalized spacial score (nSPS) is 14.4. The molecule has 10 heteroatoms. The van der Waals surface area contributed by atoms with E-state index in [-0.39, 0.29) is 64.4 Å². The summed E-state index contributed by atoms with van der Waals surface area (Å²) in [6, 6.07) is 0. The molecule has 0 aromatic rings. The van der Waals surface area contributed by atoms with Crippen LogP contribution in [0.2, 0.25) is 0 Å². The van der Waals surface area contributed by atoms with Crippen LogP contribution in [0.5, 0.6) is 0 Å². The first kappa shape index (κ1) is 17.0. The Balaban J connectivity index is 0. The van der Waals surface area contributed by atoms with Gasteiger partial charge in [-0.3, -0.25) is 0 Å². The molecule has 7 nitrogen and oxygen atoms in total. The van der Waals surface area contributed by atoms with Gasteiger partial charge in [-0.05, 0) is 9.13 Å². The zero-order chi connectivity index (χ0) is 9.56. The van der Waals surface area contributed by atoms with E-state index < -0.39 is 22.7 Å². The maximum atomic E-state index is 9.88. The van der Waals surface area contributed by atoms with Gasteiger partial charge in [-0.15, -0.1) is 9.05 Å². The Morgan fingerprint density at radius 1 is 1.31 bits per heavy atom. The van der Waals surface area contributed by atoms with Crippen LogP contribution in [-0.2, 0) is 18.2 Å². The third-order valence-corrected chi connectivity index (χ3v) is 1.66. The van der Waals surface area contributed by atoms with Crippen LogP contribution < -0.4 is 66.9 Å². The fourth-order valence-electron chi connectivity index (χ4n) is 0.407. The maximum absolute atomic E-state index is 9.88. The smallest absolute Gasteiger partial charge is 0.566 e. The minimum atomic E-state index is -3.00. The minimum Gasteiger partial charge on any atom is -0.566 e. The van der Waals surface area contributed by atoms with Crippen molar-refractivity contribution in [3.63, 3.8) is 0 Å². The van der Waals surface area contributed by atoms with E-state index >= 15 is 0 Å². The Bertz CT molecular complexity index is 179. The molecule has 0 spiro atoms. The van der Waals surface area contributed by atoms with Crippen molar-refractivity contribution in [2.45, 2.75) is 12.6 Å². The molecule has 2 N–H and O–H groups in total. The van der Waals surface area contributed by atoms with Gasteiger partial charge in [0.05, 0.1) is 0 Å². The molecule has 0 saturated heterocycles. The summed E-state index contributed by atoms with van der Waals surface area (Å²) < 4.78 is 27.9. The van der Waals surface area contributed by atoms with E-state index in [0.717, 1.165) is 0 Å². The molecule has 0 fully saturated rings. The van der Waals surface area contributed by atoms with Crippen molar-refractivity contribution in [1.82, 2.24) is 0 Å². The Morgan fingerprint density at radius 2 is 1.85 bits per heavy atom. The molecule has 3 unspecified atom stereocenters. The molecule has 0 saturated carbocycles. The van der Waals surface area contributed by atoms with Crippen molar-refractivity contribution >= 4 is 16.5 Å². The van der Waals surface area contributed by atoms with Crippen LogP contribution >= 0.6 is 16.5 Å². The van der Waals surface area contributed by atoms with E-state index in [1.807, 2.05) is 0 Å². The van der Waals surface area contributed by atoms with Crippen LogP contribution in [0, 0.1) is 0 Å². The van der Waals surface area contributed by atoms with Crippen molar-refractivity contribution in [2.75, 3.05) is 6.61 Å². The fraction of sp³-hybridized carbons (Fsp3) is 1.00. The summed E-state index contributed by atoms with van der Waals surface area (Å²) in [6.07, 6.45) is -1.06. The van der Waals surface area contributed by atoms with Gasteiger partial charge in [0.2, 0.25) is 0 Å². The molecule has 0 aromatic carbocycles. The van der Waals surface area contributed by atoms with Gasteiger partial charge in [0.15, 0.2) is 6.23 Å². The van der Waals surface area contributed by atoms with Crippen molar-refractivity contribution in [2.24, 2.45) is 5.73 Å². The molecule has 0 radical (unpaired) electrons. The molecule has 0 aliphatic heterocycles. The molecule has 0 amide bonds. The quantitative estimate of drug-likeness (QED) is 0.289. The van der Waals surface area contributed by atoms with Gasteiger partial charge in [0.25, 0.3) is 0 Å². The van der Waals surface area contributed by atoms with Gasteiger partial charge in [-0.25, -0.2) is 0 Å². The topological polar surface area (TPSA) is 125 Å². The largest absolute Gasteiger partial charge is 1.00 e. The Kier molecular flexibility index (Phi) is 13.3. The summed E-state index contributed by atoms with van der Waals surface area (Å²) in [6.45, 7) is -0.191. The van der Waals surface area contributed by atoms with Crippen LogP contribution in [0.4, 0.5) is 0 Å².